The number of phenols is 4. The quantitative estimate of drug-likeness (QED) is 0.173. The summed E-state index contributed by atoms with van der Waals surface area (Å²) in [6.45, 7) is 11.2. The molecule has 6 nitrogen and oxygen atoms in total. The predicted molar refractivity (Wildman–Crippen MR) is 162 cm³/mol. The van der Waals surface area contributed by atoms with Crippen molar-refractivity contribution in [2.24, 2.45) is 0 Å². The van der Waals surface area contributed by atoms with Gasteiger partial charge in [0.15, 0.2) is 0 Å². The lowest BCUT2D eigenvalue weighted by molar-refractivity contribution is 0.442. The first-order chi connectivity index (χ1) is 19.0. The molecule has 0 amide bonds. The van der Waals surface area contributed by atoms with Crippen molar-refractivity contribution in [1.82, 2.24) is 9.97 Å². The van der Waals surface area contributed by atoms with Gasteiger partial charge in [-0.3, -0.25) is 9.97 Å². The van der Waals surface area contributed by atoms with Crippen molar-refractivity contribution in [3.63, 3.8) is 0 Å². The van der Waals surface area contributed by atoms with E-state index in [1.807, 2.05) is 39.8 Å². The molecule has 208 valence electrons. The van der Waals surface area contributed by atoms with Crippen LogP contribution in [0.2, 0.25) is 0 Å². The Kier molecular flexibility index (Phi) is 12.2. The number of aromatic nitrogens is 2. The third kappa shape index (κ3) is 9.80. The van der Waals surface area contributed by atoms with E-state index in [0.29, 0.717) is 11.1 Å². The molecule has 0 saturated carbocycles. The molecule has 1 heterocycles. The van der Waals surface area contributed by atoms with Crippen molar-refractivity contribution < 1.29 is 20.4 Å². The Balaban J connectivity index is 0.000000188. The fourth-order valence-electron chi connectivity index (χ4n) is 3.31. The zero-order valence-corrected chi connectivity index (χ0v) is 23.9. The SMILES string of the molecule is Cc1c(O)cccc1O.Cc1c(O)cccc1O.Cc1nc(C)c(C)nc1C.c1ccc(-c2ccccc2)cc1. The lowest BCUT2D eigenvalue weighted by Crippen LogP contribution is -1.97. The van der Waals surface area contributed by atoms with Gasteiger partial charge in [-0.05, 0) is 76.9 Å². The molecule has 5 rings (SSSR count). The second kappa shape index (κ2) is 15.5. The molecule has 0 aliphatic carbocycles. The number of hydrogen-bond acceptors (Lipinski definition) is 6. The van der Waals surface area contributed by atoms with Crippen LogP contribution in [0, 0.1) is 41.5 Å². The standard InChI is InChI=1S/C12H10.C8H12N2.2C7H8O2/c1-3-7-11(8-4-1)12-9-5-2-6-10-12;1-5-6(2)10-8(4)7(3)9-5;2*1-5-6(8)3-2-4-7(5)9/h1-10H;1-4H3;2*2-4,8-9H,1H3. The lowest BCUT2D eigenvalue weighted by Gasteiger charge is -2.01. The lowest BCUT2D eigenvalue weighted by atomic mass is 10.1. The highest BCUT2D eigenvalue weighted by molar-refractivity contribution is 5.62. The van der Waals surface area contributed by atoms with Crippen molar-refractivity contribution in [3.05, 3.63) is 131 Å². The third-order valence-electron chi connectivity index (χ3n) is 6.15. The first-order valence-corrected chi connectivity index (χ1v) is 12.8. The molecule has 4 aromatic carbocycles. The summed E-state index contributed by atoms with van der Waals surface area (Å²) in [4.78, 5) is 8.62. The average Bonchev–Trinajstić information content (AvgIpc) is 2.95. The Morgan fingerprint density at radius 1 is 0.350 bits per heavy atom. The Morgan fingerprint density at radius 2 is 0.600 bits per heavy atom. The summed E-state index contributed by atoms with van der Waals surface area (Å²) in [5.41, 5.74) is 7.73. The zero-order valence-electron chi connectivity index (χ0n) is 23.9. The summed E-state index contributed by atoms with van der Waals surface area (Å²) in [6, 6.07) is 30.1. The summed E-state index contributed by atoms with van der Waals surface area (Å²) in [5.74, 6) is 0.537. The smallest absolute Gasteiger partial charge is 0.122 e. The second-order valence-corrected chi connectivity index (χ2v) is 9.14. The van der Waals surface area contributed by atoms with Crippen LogP contribution in [0.4, 0.5) is 0 Å². The van der Waals surface area contributed by atoms with E-state index < -0.39 is 0 Å². The molecule has 6 heteroatoms. The molecule has 0 saturated heterocycles. The molecule has 0 aliphatic rings. The van der Waals surface area contributed by atoms with Gasteiger partial charge < -0.3 is 20.4 Å². The molecule has 5 aromatic rings. The molecule has 0 radical (unpaired) electrons. The van der Waals surface area contributed by atoms with Gasteiger partial charge in [-0.1, -0.05) is 72.8 Å². The summed E-state index contributed by atoms with van der Waals surface area (Å²) >= 11 is 0. The van der Waals surface area contributed by atoms with Crippen LogP contribution in [0.3, 0.4) is 0 Å². The summed E-state index contributed by atoms with van der Waals surface area (Å²) in [7, 11) is 0. The molecular weight excluding hydrogens is 500 g/mol. The molecular formula is C34H38N2O4. The first-order valence-electron chi connectivity index (χ1n) is 12.8. The summed E-state index contributed by atoms with van der Waals surface area (Å²) in [6.07, 6.45) is 0. The van der Waals surface area contributed by atoms with E-state index in [1.165, 1.54) is 35.4 Å². The molecule has 4 N–H and O–H groups in total. The molecule has 40 heavy (non-hydrogen) atoms. The van der Waals surface area contributed by atoms with Gasteiger partial charge in [0, 0.05) is 11.1 Å². The monoisotopic (exact) mass is 538 g/mol. The van der Waals surface area contributed by atoms with Crippen LogP contribution in [0.15, 0.2) is 97.1 Å². The van der Waals surface area contributed by atoms with E-state index in [2.05, 4.69) is 58.5 Å². The van der Waals surface area contributed by atoms with Crippen molar-refractivity contribution in [2.75, 3.05) is 0 Å². The van der Waals surface area contributed by atoms with Crippen molar-refractivity contribution in [2.45, 2.75) is 41.5 Å². The number of rotatable bonds is 1. The van der Waals surface area contributed by atoms with Crippen LogP contribution in [-0.2, 0) is 0 Å². The van der Waals surface area contributed by atoms with Crippen LogP contribution in [0.1, 0.15) is 33.9 Å². The Labute approximate surface area is 236 Å². The predicted octanol–water partition coefficient (Wildman–Crippen LogP) is 7.88. The second-order valence-electron chi connectivity index (χ2n) is 9.14. The minimum absolute atomic E-state index is 0.134. The maximum Gasteiger partial charge on any atom is 0.122 e. The van der Waals surface area contributed by atoms with Gasteiger partial charge in [-0.2, -0.15) is 0 Å². The van der Waals surface area contributed by atoms with Gasteiger partial charge in [0.25, 0.3) is 0 Å². The van der Waals surface area contributed by atoms with Crippen molar-refractivity contribution in [1.29, 1.82) is 0 Å². The Hall–Kier alpha value is -4.84. The molecule has 0 unspecified atom stereocenters. The van der Waals surface area contributed by atoms with Gasteiger partial charge in [0.05, 0.1) is 22.8 Å². The Bertz CT molecular complexity index is 1310. The molecule has 0 aliphatic heterocycles. The van der Waals surface area contributed by atoms with Gasteiger partial charge in [0.1, 0.15) is 23.0 Å². The fourth-order valence-corrected chi connectivity index (χ4v) is 3.31. The van der Waals surface area contributed by atoms with Gasteiger partial charge in [-0.15, -0.1) is 0 Å². The van der Waals surface area contributed by atoms with E-state index >= 15 is 0 Å². The fraction of sp³-hybridized carbons (Fsp3) is 0.176. The van der Waals surface area contributed by atoms with Crippen LogP contribution < -0.4 is 0 Å². The van der Waals surface area contributed by atoms with E-state index in [0.717, 1.165) is 22.8 Å². The van der Waals surface area contributed by atoms with Crippen molar-refractivity contribution in [3.8, 4) is 34.1 Å². The van der Waals surface area contributed by atoms with Crippen LogP contribution in [-0.4, -0.2) is 30.4 Å². The normalized spacial score (nSPS) is 9.65. The van der Waals surface area contributed by atoms with Crippen LogP contribution in [0.25, 0.3) is 11.1 Å². The molecule has 0 bridgehead atoms. The highest BCUT2D eigenvalue weighted by atomic mass is 16.3. The first kappa shape index (κ1) is 31.4. The molecule has 0 atom stereocenters. The molecule has 0 spiro atoms. The third-order valence-corrected chi connectivity index (χ3v) is 6.15. The number of benzene rings is 4. The van der Waals surface area contributed by atoms with E-state index in [1.54, 1.807) is 26.0 Å². The van der Waals surface area contributed by atoms with Gasteiger partial charge in [0.2, 0.25) is 0 Å². The number of nitrogens with zero attached hydrogens (tertiary/aromatic N) is 2. The van der Waals surface area contributed by atoms with Crippen LogP contribution in [0.5, 0.6) is 23.0 Å². The maximum atomic E-state index is 8.94. The number of aromatic hydroxyl groups is 4. The number of aryl methyl sites for hydroxylation is 4. The Morgan fingerprint density at radius 3 is 0.825 bits per heavy atom. The van der Waals surface area contributed by atoms with Gasteiger partial charge in [-0.25, -0.2) is 0 Å². The highest BCUT2D eigenvalue weighted by Crippen LogP contribution is 2.24. The highest BCUT2D eigenvalue weighted by Gasteiger charge is 1.99. The summed E-state index contributed by atoms with van der Waals surface area (Å²) < 4.78 is 0. The number of phenolic OH excluding ortho intramolecular Hbond substituents is 4. The minimum Gasteiger partial charge on any atom is -0.508 e. The van der Waals surface area contributed by atoms with Crippen LogP contribution >= 0.6 is 0 Å². The summed E-state index contributed by atoms with van der Waals surface area (Å²) in [5, 5.41) is 35.8. The van der Waals surface area contributed by atoms with E-state index in [-0.39, 0.29) is 23.0 Å². The molecule has 1 aromatic heterocycles. The van der Waals surface area contributed by atoms with Crippen molar-refractivity contribution >= 4 is 0 Å². The zero-order chi connectivity index (χ0) is 29.7. The molecule has 0 fully saturated rings. The average molecular weight is 539 g/mol. The number of hydrogen-bond donors (Lipinski definition) is 4. The van der Waals surface area contributed by atoms with E-state index in [4.69, 9.17) is 20.4 Å². The van der Waals surface area contributed by atoms with E-state index in [9.17, 15) is 0 Å². The topological polar surface area (TPSA) is 107 Å². The van der Waals surface area contributed by atoms with Gasteiger partial charge >= 0.3 is 0 Å². The maximum absolute atomic E-state index is 8.94. The minimum atomic E-state index is 0.134. The largest absolute Gasteiger partial charge is 0.508 e.